The van der Waals surface area contributed by atoms with E-state index in [4.69, 9.17) is 4.74 Å². The van der Waals surface area contributed by atoms with Gasteiger partial charge in [0.15, 0.2) is 5.75 Å². The van der Waals surface area contributed by atoms with Crippen LogP contribution in [-0.4, -0.2) is 28.0 Å². The molecule has 0 aliphatic rings. The summed E-state index contributed by atoms with van der Waals surface area (Å²) < 4.78 is 32.3. The minimum absolute atomic E-state index is 0.0474. The van der Waals surface area contributed by atoms with E-state index in [2.05, 4.69) is 10.6 Å². The Hall–Kier alpha value is -4.10. The summed E-state index contributed by atoms with van der Waals surface area (Å²) in [6.45, 7) is 3.62. The van der Waals surface area contributed by atoms with Gasteiger partial charge in [0.2, 0.25) is 15.7 Å². The first-order valence-electron chi connectivity index (χ1n) is 11.5. The van der Waals surface area contributed by atoms with E-state index in [-0.39, 0.29) is 28.0 Å². The van der Waals surface area contributed by atoms with Gasteiger partial charge in [0.25, 0.3) is 0 Å². The molecule has 0 aliphatic heterocycles. The second-order valence-electron chi connectivity index (χ2n) is 8.47. The van der Waals surface area contributed by atoms with E-state index >= 15 is 0 Å². The fourth-order valence-electron chi connectivity index (χ4n) is 3.96. The Labute approximate surface area is 211 Å². The lowest BCUT2D eigenvalue weighted by Crippen LogP contribution is -2.22. The molecule has 6 nitrogen and oxygen atoms in total. The summed E-state index contributed by atoms with van der Waals surface area (Å²) in [5, 5.41) is 6.00. The predicted octanol–water partition coefficient (Wildman–Crippen LogP) is 5.86. The number of carbonyl (C=O) groups is 1. The van der Waals surface area contributed by atoms with Crippen molar-refractivity contribution in [3.63, 3.8) is 0 Å². The molecule has 4 rings (SSSR count). The van der Waals surface area contributed by atoms with Crippen LogP contribution in [0.4, 0.5) is 11.4 Å². The third-order valence-electron chi connectivity index (χ3n) is 5.75. The normalized spacial score (nSPS) is 11.1. The van der Waals surface area contributed by atoms with Gasteiger partial charge in [0.1, 0.15) is 4.90 Å². The highest BCUT2D eigenvalue weighted by atomic mass is 32.2. The molecule has 0 saturated heterocycles. The molecule has 36 heavy (non-hydrogen) atoms. The number of nitrogens with one attached hydrogen (secondary N) is 2. The minimum Gasteiger partial charge on any atom is -0.493 e. The lowest BCUT2D eigenvalue weighted by Gasteiger charge is -2.17. The number of methoxy groups -OCH3 is 1. The molecule has 4 aromatic rings. The fraction of sp³-hybridized carbons (Fsp3) is 0.138. The molecule has 4 aromatic carbocycles. The van der Waals surface area contributed by atoms with Crippen LogP contribution in [0.5, 0.6) is 5.75 Å². The van der Waals surface area contributed by atoms with Gasteiger partial charge >= 0.3 is 0 Å². The summed E-state index contributed by atoms with van der Waals surface area (Å²) in [5.74, 6) is -0.108. The van der Waals surface area contributed by atoms with Crippen molar-refractivity contribution in [1.29, 1.82) is 0 Å². The van der Waals surface area contributed by atoms with Crippen molar-refractivity contribution in [2.75, 3.05) is 24.3 Å². The topological polar surface area (TPSA) is 84.5 Å². The number of carbonyl (C=O) groups excluding carboxylic acids is 1. The summed E-state index contributed by atoms with van der Waals surface area (Å²) in [4.78, 5) is 13.1. The van der Waals surface area contributed by atoms with Crippen molar-refractivity contribution in [2.24, 2.45) is 0 Å². The summed E-state index contributed by atoms with van der Waals surface area (Å²) in [6, 6.07) is 27.4. The zero-order valence-corrected chi connectivity index (χ0v) is 21.2. The lowest BCUT2D eigenvalue weighted by molar-refractivity contribution is -0.114. The van der Waals surface area contributed by atoms with Gasteiger partial charge in [0.05, 0.1) is 24.2 Å². The minimum atomic E-state index is -3.83. The Balaban J connectivity index is 1.57. The van der Waals surface area contributed by atoms with Gasteiger partial charge in [-0.2, -0.15) is 0 Å². The van der Waals surface area contributed by atoms with Crippen LogP contribution in [0.15, 0.2) is 101 Å². The number of anilines is 2. The van der Waals surface area contributed by atoms with Crippen molar-refractivity contribution < 1.29 is 17.9 Å². The number of aryl methyl sites for hydroxylation is 2. The maximum Gasteiger partial charge on any atom is 0.243 e. The van der Waals surface area contributed by atoms with Crippen LogP contribution >= 0.6 is 0 Å². The van der Waals surface area contributed by atoms with Crippen LogP contribution in [0.1, 0.15) is 11.1 Å². The molecule has 0 heterocycles. The van der Waals surface area contributed by atoms with E-state index in [1.807, 2.05) is 61.5 Å². The van der Waals surface area contributed by atoms with E-state index in [1.54, 1.807) is 43.3 Å². The molecule has 0 atom stereocenters. The molecular formula is C29H28N2O4S. The molecular weight excluding hydrogens is 472 g/mol. The molecule has 2 N–H and O–H groups in total. The van der Waals surface area contributed by atoms with Gasteiger partial charge in [-0.3, -0.25) is 4.79 Å². The Morgan fingerprint density at radius 3 is 2.17 bits per heavy atom. The highest BCUT2D eigenvalue weighted by Crippen LogP contribution is 2.37. The second kappa shape index (κ2) is 10.7. The first-order valence-corrected chi connectivity index (χ1v) is 13.0. The van der Waals surface area contributed by atoms with E-state index in [9.17, 15) is 13.2 Å². The van der Waals surface area contributed by atoms with Crippen molar-refractivity contribution in [2.45, 2.75) is 23.6 Å². The number of benzene rings is 4. The molecule has 0 unspecified atom stereocenters. The van der Waals surface area contributed by atoms with Crippen LogP contribution in [0.3, 0.4) is 0 Å². The smallest absolute Gasteiger partial charge is 0.243 e. The molecule has 7 heteroatoms. The van der Waals surface area contributed by atoms with E-state index in [0.717, 1.165) is 22.3 Å². The number of para-hydroxylation sites is 1. The molecule has 0 aliphatic carbocycles. The van der Waals surface area contributed by atoms with Gasteiger partial charge in [-0.05, 0) is 55.3 Å². The lowest BCUT2D eigenvalue weighted by atomic mass is 10.0. The molecule has 0 fully saturated rings. The van der Waals surface area contributed by atoms with E-state index in [0.29, 0.717) is 11.4 Å². The fourth-order valence-corrected chi connectivity index (χ4v) is 5.48. The van der Waals surface area contributed by atoms with Crippen LogP contribution in [0.2, 0.25) is 0 Å². The van der Waals surface area contributed by atoms with Crippen LogP contribution in [0.25, 0.3) is 11.1 Å². The zero-order chi connectivity index (χ0) is 25.7. The number of hydrogen-bond acceptors (Lipinski definition) is 5. The molecule has 0 bridgehead atoms. The average molecular weight is 501 g/mol. The average Bonchev–Trinajstić information content (AvgIpc) is 2.88. The first kappa shape index (κ1) is 25.0. The van der Waals surface area contributed by atoms with E-state index < -0.39 is 9.84 Å². The van der Waals surface area contributed by atoms with Crippen LogP contribution < -0.4 is 15.4 Å². The second-order valence-corrected chi connectivity index (χ2v) is 10.4. The quantitative estimate of drug-likeness (QED) is 0.316. The third-order valence-corrected chi connectivity index (χ3v) is 7.52. The van der Waals surface area contributed by atoms with Crippen molar-refractivity contribution in [1.82, 2.24) is 0 Å². The van der Waals surface area contributed by atoms with Gasteiger partial charge in [-0.1, -0.05) is 66.2 Å². The number of ether oxygens (including phenoxy) is 1. The number of rotatable bonds is 8. The Morgan fingerprint density at radius 1 is 0.806 bits per heavy atom. The zero-order valence-electron chi connectivity index (χ0n) is 20.4. The van der Waals surface area contributed by atoms with Gasteiger partial charge in [-0.15, -0.1) is 0 Å². The first-order chi connectivity index (χ1) is 17.3. The third kappa shape index (κ3) is 5.42. The predicted molar refractivity (Wildman–Crippen MR) is 143 cm³/mol. The maximum atomic E-state index is 13.4. The Bertz CT molecular complexity index is 1480. The Morgan fingerprint density at radius 2 is 1.47 bits per heavy atom. The van der Waals surface area contributed by atoms with Crippen LogP contribution in [0, 0.1) is 13.8 Å². The van der Waals surface area contributed by atoms with Crippen molar-refractivity contribution in [3.05, 3.63) is 102 Å². The van der Waals surface area contributed by atoms with Crippen LogP contribution in [-0.2, 0) is 14.6 Å². The molecule has 0 aromatic heterocycles. The standard InChI is InChI=1S/C29H28N2O4S/c1-20-13-15-23(16-14-20)36(33,34)27-18-21(2)17-26(29(27)35-3)30-19-28(32)31-25-12-8-7-11-24(25)22-9-5-4-6-10-22/h4-18,30H,19H2,1-3H3,(H,31,32). The SMILES string of the molecule is COc1c(NCC(=O)Nc2ccccc2-c2ccccc2)cc(C)cc1S(=O)(=O)c1ccc(C)cc1. The summed E-state index contributed by atoms with van der Waals surface area (Å²) in [5.41, 5.74) is 4.70. The summed E-state index contributed by atoms with van der Waals surface area (Å²) >= 11 is 0. The molecule has 184 valence electrons. The molecule has 0 saturated carbocycles. The number of sulfone groups is 1. The van der Waals surface area contributed by atoms with Crippen molar-refractivity contribution in [3.8, 4) is 16.9 Å². The van der Waals surface area contributed by atoms with Gasteiger partial charge in [0, 0.05) is 11.3 Å². The highest BCUT2D eigenvalue weighted by molar-refractivity contribution is 7.91. The summed E-state index contributed by atoms with van der Waals surface area (Å²) in [7, 11) is -2.42. The molecule has 0 spiro atoms. The molecule has 0 radical (unpaired) electrons. The molecule has 1 amide bonds. The number of hydrogen-bond donors (Lipinski definition) is 2. The summed E-state index contributed by atoms with van der Waals surface area (Å²) in [6.07, 6.45) is 0. The maximum absolute atomic E-state index is 13.4. The highest BCUT2D eigenvalue weighted by Gasteiger charge is 2.25. The van der Waals surface area contributed by atoms with Gasteiger partial charge in [-0.25, -0.2) is 8.42 Å². The van der Waals surface area contributed by atoms with Gasteiger partial charge < -0.3 is 15.4 Å². The van der Waals surface area contributed by atoms with E-state index in [1.165, 1.54) is 7.11 Å². The monoisotopic (exact) mass is 500 g/mol. The largest absolute Gasteiger partial charge is 0.493 e. The number of amides is 1. The Kier molecular flexibility index (Phi) is 7.41. The van der Waals surface area contributed by atoms with Crippen molar-refractivity contribution >= 4 is 27.1 Å².